The molecule has 1 aromatic heterocycles. The third-order valence-corrected chi connectivity index (χ3v) is 5.42. The van der Waals surface area contributed by atoms with E-state index >= 15 is 0 Å². The molecular formula is C21H30N4O2. The summed E-state index contributed by atoms with van der Waals surface area (Å²) in [6.45, 7) is 6.55. The number of hydrogen-bond donors (Lipinski definition) is 1. The van der Waals surface area contributed by atoms with E-state index < -0.39 is 0 Å². The van der Waals surface area contributed by atoms with Crippen LogP contribution >= 0.6 is 0 Å². The summed E-state index contributed by atoms with van der Waals surface area (Å²) in [6.07, 6.45) is 2.77. The number of aromatic amines is 1. The summed E-state index contributed by atoms with van der Waals surface area (Å²) >= 11 is 0. The van der Waals surface area contributed by atoms with Crippen LogP contribution in [-0.4, -0.2) is 59.2 Å². The Bertz CT molecular complexity index is 857. The van der Waals surface area contributed by atoms with Crippen LogP contribution in [0.3, 0.4) is 0 Å². The molecule has 0 unspecified atom stereocenters. The summed E-state index contributed by atoms with van der Waals surface area (Å²) in [4.78, 5) is 29.7. The fraction of sp³-hybridized carbons (Fsp3) is 0.524. The third kappa shape index (κ3) is 4.16. The van der Waals surface area contributed by atoms with Gasteiger partial charge in [0.2, 0.25) is 0 Å². The van der Waals surface area contributed by atoms with E-state index in [1.807, 2.05) is 43.0 Å². The van der Waals surface area contributed by atoms with Crippen molar-refractivity contribution in [2.45, 2.75) is 33.1 Å². The van der Waals surface area contributed by atoms with Crippen LogP contribution in [0.15, 0.2) is 29.1 Å². The van der Waals surface area contributed by atoms with E-state index in [-0.39, 0.29) is 11.5 Å². The zero-order chi connectivity index (χ0) is 19.6. The fourth-order valence-electron chi connectivity index (χ4n) is 3.98. The van der Waals surface area contributed by atoms with Crippen molar-refractivity contribution < 1.29 is 4.79 Å². The number of aryl methyl sites for hydroxylation is 1. The molecule has 146 valence electrons. The molecular weight excluding hydrogens is 340 g/mol. The predicted octanol–water partition coefficient (Wildman–Crippen LogP) is 2.45. The van der Waals surface area contributed by atoms with Crippen LogP contribution in [0.2, 0.25) is 0 Å². The van der Waals surface area contributed by atoms with Gasteiger partial charge in [-0.15, -0.1) is 0 Å². The van der Waals surface area contributed by atoms with Crippen molar-refractivity contribution in [2.75, 3.05) is 33.7 Å². The number of carbonyl (C=O) groups is 1. The number of amides is 1. The third-order valence-electron chi connectivity index (χ3n) is 5.42. The van der Waals surface area contributed by atoms with Crippen molar-refractivity contribution in [2.24, 2.45) is 5.92 Å². The van der Waals surface area contributed by atoms with Crippen molar-refractivity contribution >= 4 is 5.91 Å². The molecule has 0 radical (unpaired) electrons. The standard InChI is InChI=1S/C21H30N4O2/c1-5-19-15(2)22-25(21(19)27)18-8-6-7-17(13-18)20(26)24-11-9-16(10-12-24)14-23(3)4/h6-8,13,16,22H,5,9-12,14H2,1-4H3. The molecule has 2 aromatic rings. The lowest BCUT2D eigenvalue weighted by Crippen LogP contribution is -2.40. The highest BCUT2D eigenvalue weighted by Crippen LogP contribution is 2.20. The number of nitrogens with zero attached hydrogens (tertiary/aromatic N) is 3. The van der Waals surface area contributed by atoms with Gasteiger partial charge >= 0.3 is 0 Å². The van der Waals surface area contributed by atoms with Gasteiger partial charge in [-0.3, -0.25) is 14.7 Å². The summed E-state index contributed by atoms with van der Waals surface area (Å²) in [5.41, 5.74) is 2.97. The molecule has 0 bridgehead atoms. The SMILES string of the molecule is CCc1c(C)[nH]n(-c2cccc(C(=O)N3CCC(CN(C)C)CC3)c2)c1=O. The highest BCUT2D eigenvalue weighted by Gasteiger charge is 2.24. The van der Waals surface area contributed by atoms with E-state index in [1.54, 1.807) is 0 Å². The average Bonchev–Trinajstić information content (AvgIpc) is 2.95. The molecule has 6 nitrogen and oxygen atoms in total. The molecule has 1 aliphatic rings. The molecule has 6 heteroatoms. The van der Waals surface area contributed by atoms with Gasteiger partial charge in [-0.2, -0.15) is 0 Å². The second kappa shape index (κ2) is 8.13. The number of carbonyl (C=O) groups excluding carboxylic acids is 1. The van der Waals surface area contributed by atoms with Gasteiger partial charge in [0.15, 0.2) is 0 Å². The molecule has 1 aliphatic heterocycles. The van der Waals surface area contributed by atoms with Crippen LogP contribution in [0.25, 0.3) is 5.69 Å². The predicted molar refractivity (Wildman–Crippen MR) is 108 cm³/mol. The molecule has 27 heavy (non-hydrogen) atoms. The van der Waals surface area contributed by atoms with E-state index in [1.165, 1.54) is 4.68 Å². The van der Waals surface area contributed by atoms with Crippen LogP contribution in [0.5, 0.6) is 0 Å². The van der Waals surface area contributed by atoms with Crippen molar-refractivity contribution in [3.8, 4) is 5.69 Å². The Morgan fingerprint density at radius 2 is 1.96 bits per heavy atom. The first-order chi connectivity index (χ1) is 12.9. The van der Waals surface area contributed by atoms with Crippen molar-refractivity contribution in [1.29, 1.82) is 0 Å². The molecule has 1 fully saturated rings. The van der Waals surface area contributed by atoms with E-state index in [2.05, 4.69) is 24.1 Å². The molecule has 0 atom stereocenters. The molecule has 0 aliphatic carbocycles. The van der Waals surface area contributed by atoms with Crippen LogP contribution in [0.4, 0.5) is 0 Å². The number of aromatic nitrogens is 2. The summed E-state index contributed by atoms with van der Waals surface area (Å²) < 4.78 is 1.54. The lowest BCUT2D eigenvalue weighted by molar-refractivity contribution is 0.0678. The van der Waals surface area contributed by atoms with Gasteiger partial charge in [0, 0.05) is 36.5 Å². The molecule has 3 rings (SSSR count). The molecule has 1 saturated heterocycles. The number of likely N-dealkylation sites (tertiary alicyclic amines) is 1. The highest BCUT2D eigenvalue weighted by molar-refractivity contribution is 5.94. The summed E-state index contributed by atoms with van der Waals surface area (Å²) in [5, 5.41) is 3.12. The van der Waals surface area contributed by atoms with Gasteiger partial charge in [-0.1, -0.05) is 13.0 Å². The van der Waals surface area contributed by atoms with Gasteiger partial charge in [-0.25, -0.2) is 4.68 Å². The molecule has 0 spiro atoms. The molecule has 1 N–H and O–H groups in total. The number of nitrogens with one attached hydrogen (secondary N) is 1. The summed E-state index contributed by atoms with van der Waals surface area (Å²) in [6, 6.07) is 7.34. The van der Waals surface area contributed by atoms with Crippen molar-refractivity contribution in [1.82, 2.24) is 19.6 Å². The Morgan fingerprint density at radius 1 is 1.26 bits per heavy atom. The Hall–Kier alpha value is -2.34. The highest BCUT2D eigenvalue weighted by atomic mass is 16.2. The summed E-state index contributed by atoms with van der Waals surface area (Å²) in [5.74, 6) is 0.704. The monoisotopic (exact) mass is 370 g/mol. The maximum Gasteiger partial charge on any atom is 0.274 e. The van der Waals surface area contributed by atoms with Gasteiger partial charge < -0.3 is 9.80 Å². The quantitative estimate of drug-likeness (QED) is 0.879. The van der Waals surface area contributed by atoms with E-state index in [9.17, 15) is 9.59 Å². The first kappa shape index (κ1) is 19.4. The lowest BCUT2D eigenvalue weighted by atomic mass is 9.96. The molecule has 2 heterocycles. The molecule has 1 aromatic carbocycles. The lowest BCUT2D eigenvalue weighted by Gasteiger charge is -2.33. The van der Waals surface area contributed by atoms with Crippen LogP contribution in [0, 0.1) is 12.8 Å². The minimum atomic E-state index is -0.0379. The van der Waals surface area contributed by atoms with E-state index in [0.717, 1.165) is 43.7 Å². The largest absolute Gasteiger partial charge is 0.339 e. The molecule has 0 saturated carbocycles. The second-order valence-corrected chi connectivity index (χ2v) is 7.76. The maximum atomic E-state index is 12.9. The van der Waals surface area contributed by atoms with Crippen molar-refractivity contribution in [3.05, 3.63) is 51.4 Å². The Morgan fingerprint density at radius 3 is 2.56 bits per heavy atom. The Kier molecular flexibility index (Phi) is 5.85. The number of H-pyrrole nitrogens is 1. The molecule has 1 amide bonds. The second-order valence-electron chi connectivity index (χ2n) is 7.76. The number of benzene rings is 1. The van der Waals surface area contributed by atoms with Gasteiger partial charge in [0.25, 0.3) is 11.5 Å². The first-order valence-corrected chi connectivity index (χ1v) is 9.75. The van der Waals surface area contributed by atoms with Crippen LogP contribution in [-0.2, 0) is 6.42 Å². The Balaban J connectivity index is 1.76. The van der Waals surface area contributed by atoms with Crippen LogP contribution < -0.4 is 5.56 Å². The van der Waals surface area contributed by atoms with Gasteiger partial charge in [0.1, 0.15) is 0 Å². The fourth-order valence-corrected chi connectivity index (χ4v) is 3.98. The van der Waals surface area contributed by atoms with Crippen LogP contribution in [0.1, 0.15) is 41.4 Å². The van der Waals surface area contributed by atoms with E-state index in [0.29, 0.717) is 23.6 Å². The smallest absolute Gasteiger partial charge is 0.274 e. The topological polar surface area (TPSA) is 61.3 Å². The zero-order valence-corrected chi connectivity index (χ0v) is 16.8. The van der Waals surface area contributed by atoms with Crippen molar-refractivity contribution in [3.63, 3.8) is 0 Å². The zero-order valence-electron chi connectivity index (χ0n) is 16.8. The number of piperidine rings is 1. The minimum Gasteiger partial charge on any atom is -0.339 e. The minimum absolute atomic E-state index is 0.0379. The Labute approximate surface area is 160 Å². The first-order valence-electron chi connectivity index (χ1n) is 9.75. The maximum absolute atomic E-state index is 12.9. The van der Waals surface area contributed by atoms with Gasteiger partial charge in [0.05, 0.1) is 5.69 Å². The normalized spacial score (nSPS) is 15.5. The average molecular weight is 370 g/mol. The number of rotatable bonds is 5. The van der Waals surface area contributed by atoms with Gasteiger partial charge in [-0.05, 0) is 64.4 Å². The van der Waals surface area contributed by atoms with E-state index in [4.69, 9.17) is 0 Å². The summed E-state index contributed by atoms with van der Waals surface area (Å²) in [7, 11) is 4.19. The number of hydrogen-bond acceptors (Lipinski definition) is 3.